The van der Waals surface area contributed by atoms with Crippen LogP contribution in [0, 0.1) is 6.92 Å². The average molecular weight is 422 g/mol. The van der Waals surface area contributed by atoms with Gasteiger partial charge < -0.3 is 5.32 Å². The van der Waals surface area contributed by atoms with Gasteiger partial charge in [0.1, 0.15) is 11.0 Å². The topological polar surface area (TPSA) is 71.8 Å². The van der Waals surface area contributed by atoms with Gasteiger partial charge in [-0.15, -0.1) is 10.2 Å². The number of hydrogen-bond acceptors (Lipinski definition) is 4. The number of aromatic nitrogens is 3. The number of nitrogens with one attached hydrogen (secondary N) is 2. The predicted molar refractivity (Wildman–Crippen MR) is 119 cm³/mol. The number of hydrogen-bond donors (Lipinski definition) is 2. The maximum Gasteiger partial charge on any atom is 0.257 e. The molecule has 0 spiro atoms. The molecule has 0 fully saturated rings. The van der Waals surface area contributed by atoms with Crippen molar-refractivity contribution < 1.29 is 4.79 Å². The van der Waals surface area contributed by atoms with Gasteiger partial charge in [0.05, 0.1) is 5.69 Å². The average Bonchev–Trinajstić information content (AvgIpc) is 3.12. The van der Waals surface area contributed by atoms with Gasteiger partial charge in [0.2, 0.25) is 0 Å². The zero-order valence-electron chi connectivity index (χ0n) is 15.4. The number of rotatable bonds is 3. The first kappa shape index (κ1) is 19.0. The summed E-state index contributed by atoms with van der Waals surface area (Å²) in [5.74, 6) is -0.268. The Morgan fingerprint density at radius 3 is 2.34 bits per heavy atom. The van der Waals surface area contributed by atoms with Crippen LogP contribution >= 0.6 is 23.8 Å². The molecule has 1 heterocycles. The normalized spacial score (nSPS) is 10.7. The standard InChI is InChI=1S/C21H16ClN5OS/c1-13-11-18-19(26-27(25-18)16-9-7-15(22)8-10-16)12-17(13)23-21(29)24-20(28)14-5-3-2-4-6-14/h2-12H,1H3,(H2,23,24,28,29). The molecular formula is C21H16ClN5OS. The molecule has 8 heteroatoms. The van der Waals surface area contributed by atoms with Crippen molar-refractivity contribution in [2.75, 3.05) is 5.32 Å². The van der Waals surface area contributed by atoms with Crippen molar-refractivity contribution in [1.29, 1.82) is 0 Å². The molecule has 0 bridgehead atoms. The van der Waals surface area contributed by atoms with E-state index >= 15 is 0 Å². The second kappa shape index (κ2) is 7.98. The van der Waals surface area contributed by atoms with Crippen LogP contribution in [-0.2, 0) is 0 Å². The Morgan fingerprint density at radius 2 is 1.66 bits per heavy atom. The molecule has 0 aliphatic carbocycles. The number of carbonyl (C=O) groups excluding carboxylic acids is 1. The summed E-state index contributed by atoms with van der Waals surface area (Å²) in [6.45, 7) is 1.94. The molecule has 0 radical (unpaired) electrons. The molecule has 1 aromatic heterocycles. The molecule has 0 unspecified atom stereocenters. The van der Waals surface area contributed by atoms with E-state index in [1.165, 1.54) is 0 Å². The van der Waals surface area contributed by atoms with E-state index in [2.05, 4.69) is 20.8 Å². The molecule has 6 nitrogen and oxygen atoms in total. The molecule has 4 aromatic rings. The number of aryl methyl sites for hydroxylation is 1. The summed E-state index contributed by atoms with van der Waals surface area (Å²) in [6, 6.07) is 19.9. The third-order valence-electron chi connectivity index (χ3n) is 4.30. The number of amides is 1. The Balaban J connectivity index is 1.54. The van der Waals surface area contributed by atoms with E-state index in [0.717, 1.165) is 22.5 Å². The fourth-order valence-corrected chi connectivity index (χ4v) is 3.14. The summed E-state index contributed by atoms with van der Waals surface area (Å²) < 4.78 is 0. The van der Waals surface area contributed by atoms with Crippen LogP contribution in [0.4, 0.5) is 5.69 Å². The van der Waals surface area contributed by atoms with Crippen molar-refractivity contribution in [2.24, 2.45) is 0 Å². The number of benzene rings is 3. The van der Waals surface area contributed by atoms with E-state index in [0.29, 0.717) is 16.1 Å². The van der Waals surface area contributed by atoms with Crippen LogP contribution in [0.15, 0.2) is 66.7 Å². The molecule has 0 atom stereocenters. The monoisotopic (exact) mass is 421 g/mol. The van der Waals surface area contributed by atoms with Gasteiger partial charge in [0, 0.05) is 16.3 Å². The molecular weight excluding hydrogens is 406 g/mol. The van der Waals surface area contributed by atoms with Crippen LogP contribution in [0.5, 0.6) is 0 Å². The highest BCUT2D eigenvalue weighted by molar-refractivity contribution is 7.80. The van der Waals surface area contributed by atoms with Gasteiger partial charge in [0.25, 0.3) is 5.91 Å². The molecule has 4 rings (SSSR count). The fraction of sp³-hybridized carbons (Fsp3) is 0.0476. The SMILES string of the molecule is Cc1cc2nn(-c3ccc(Cl)cc3)nc2cc1NC(=S)NC(=O)c1ccccc1. The van der Waals surface area contributed by atoms with E-state index in [9.17, 15) is 4.79 Å². The molecule has 0 aliphatic rings. The number of halogens is 1. The Labute approximate surface area is 177 Å². The van der Waals surface area contributed by atoms with E-state index in [-0.39, 0.29) is 11.0 Å². The van der Waals surface area contributed by atoms with Gasteiger partial charge in [-0.05, 0) is 73.2 Å². The number of thiocarbonyl (C=S) groups is 1. The number of carbonyl (C=O) groups is 1. The fourth-order valence-electron chi connectivity index (χ4n) is 2.81. The van der Waals surface area contributed by atoms with Gasteiger partial charge in [-0.2, -0.15) is 4.80 Å². The van der Waals surface area contributed by atoms with Crippen LogP contribution in [0.1, 0.15) is 15.9 Å². The smallest absolute Gasteiger partial charge is 0.257 e. The van der Waals surface area contributed by atoms with Crippen molar-refractivity contribution in [1.82, 2.24) is 20.3 Å². The van der Waals surface area contributed by atoms with E-state index in [1.54, 1.807) is 41.2 Å². The summed E-state index contributed by atoms with van der Waals surface area (Å²) >= 11 is 11.2. The lowest BCUT2D eigenvalue weighted by Gasteiger charge is -2.11. The third-order valence-corrected chi connectivity index (χ3v) is 4.75. The van der Waals surface area contributed by atoms with Crippen LogP contribution in [0.25, 0.3) is 16.7 Å². The van der Waals surface area contributed by atoms with Crippen molar-refractivity contribution >= 4 is 51.6 Å². The van der Waals surface area contributed by atoms with Crippen LogP contribution in [-0.4, -0.2) is 26.0 Å². The lowest BCUT2D eigenvalue weighted by Crippen LogP contribution is -2.34. The van der Waals surface area contributed by atoms with Gasteiger partial charge in [-0.3, -0.25) is 10.1 Å². The first-order chi connectivity index (χ1) is 14.0. The third kappa shape index (κ3) is 4.26. The summed E-state index contributed by atoms with van der Waals surface area (Å²) in [5, 5.41) is 15.7. The summed E-state index contributed by atoms with van der Waals surface area (Å²) in [4.78, 5) is 13.8. The molecule has 0 saturated heterocycles. The first-order valence-electron chi connectivity index (χ1n) is 8.80. The maximum absolute atomic E-state index is 12.3. The van der Waals surface area contributed by atoms with Gasteiger partial charge in [-0.1, -0.05) is 29.8 Å². The van der Waals surface area contributed by atoms with Gasteiger partial charge in [0.15, 0.2) is 5.11 Å². The Morgan fingerprint density at radius 1 is 1.00 bits per heavy atom. The van der Waals surface area contributed by atoms with E-state index in [4.69, 9.17) is 23.8 Å². The Hall–Kier alpha value is -3.29. The van der Waals surface area contributed by atoms with Crippen LogP contribution in [0.3, 0.4) is 0 Å². The second-order valence-corrected chi connectivity index (χ2v) is 7.24. The van der Waals surface area contributed by atoms with Crippen molar-refractivity contribution in [2.45, 2.75) is 6.92 Å². The van der Waals surface area contributed by atoms with Crippen LogP contribution in [0.2, 0.25) is 5.02 Å². The number of nitrogens with zero attached hydrogens (tertiary/aromatic N) is 3. The molecule has 1 amide bonds. The second-order valence-electron chi connectivity index (χ2n) is 6.40. The molecule has 29 heavy (non-hydrogen) atoms. The zero-order chi connectivity index (χ0) is 20.4. The summed E-state index contributed by atoms with van der Waals surface area (Å²) in [7, 11) is 0. The maximum atomic E-state index is 12.3. The largest absolute Gasteiger partial charge is 0.332 e. The first-order valence-corrected chi connectivity index (χ1v) is 9.59. The van der Waals surface area contributed by atoms with Crippen molar-refractivity contribution in [3.8, 4) is 5.69 Å². The number of fused-ring (bicyclic) bond motifs is 1. The lowest BCUT2D eigenvalue weighted by atomic mass is 10.2. The van der Waals surface area contributed by atoms with Gasteiger partial charge >= 0.3 is 0 Å². The zero-order valence-corrected chi connectivity index (χ0v) is 17.0. The molecule has 0 saturated carbocycles. The molecule has 3 aromatic carbocycles. The van der Waals surface area contributed by atoms with E-state index < -0.39 is 0 Å². The lowest BCUT2D eigenvalue weighted by molar-refractivity contribution is 0.0977. The predicted octanol–water partition coefficient (Wildman–Crippen LogP) is 4.51. The molecule has 144 valence electrons. The molecule has 0 aliphatic heterocycles. The Kier molecular flexibility index (Phi) is 5.24. The van der Waals surface area contributed by atoms with Crippen molar-refractivity contribution in [3.63, 3.8) is 0 Å². The van der Waals surface area contributed by atoms with Gasteiger partial charge in [-0.25, -0.2) is 0 Å². The highest BCUT2D eigenvalue weighted by Gasteiger charge is 2.11. The molecule has 2 N–H and O–H groups in total. The number of anilines is 1. The summed E-state index contributed by atoms with van der Waals surface area (Å²) in [6.07, 6.45) is 0. The Bertz CT molecular complexity index is 1210. The van der Waals surface area contributed by atoms with E-state index in [1.807, 2.05) is 37.3 Å². The van der Waals surface area contributed by atoms with Crippen LogP contribution < -0.4 is 10.6 Å². The summed E-state index contributed by atoms with van der Waals surface area (Å²) in [5.41, 5.74) is 4.47. The van der Waals surface area contributed by atoms with Crippen molar-refractivity contribution in [3.05, 3.63) is 82.9 Å². The minimum atomic E-state index is -0.268. The quantitative estimate of drug-likeness (QED) is 0.476. The highest BCUT2D eigenvalue weighted by Crippen LogP contribution is 2.22. The highest BCUT2D eigenvalue weighted by atomic mass is 35.5. The minimum absolute atomic E-state index is 0.214. The minimum Gasteiger partial charge on any atom is -0.332 e.